The van der Waals surface area contributed by atoms with Crippen LogP contribution in [0.2, 0.25) is 0 Å². The van der Waals surface area contributed by atoms with E-state index in [0.29, 0.717) is 18.4 Å². The first-order chi connectivity index (χ1) is 13.5. The zero-order valence-corrected chi connectivity index (χ0v) is 17.8. The zero-order valence-electron chi connectivity index (χ0n) is 17.8. The van der Waals surface area contributed by atoms with Gasteiger partial charge in [-0.25, -0.2) is 0 Å². The van der Waals surface area contributed by atoms with Crippen molar-refractivity contribution in [1.82, 2.24) is 0 Å². The number of Topliss-reactive ketones (excluding diaryl/α,β-unsaturated/α-hetero) is 2. The number of carbonyl (C=O) groups excluding carboxylic acids is 2. The summed E-state index contributed by atoms with van der Waals surface area (Å²) in [6.45, 7) is 4.32. The van der Waals surface area contributed by atoms with E-state index in [-0.39, 0.29) is 35.0 Å². The molecule has 28 heavy (non-hydrogen) atoms. The summed E-state index contributed by atoms with van der Waals surface area (Å²) in [5.74, 6) is -0.425. The standard InChI is InChI=1S/C24H38O4/c1-3-5-7-9-10-11-13-15-22(27)24-19(17-21(26)18-23(24)28)16-20(25)14-12-8-6-4-2/h17-18,26,28H,3-16H2,1-2H3. The molecule has 0 aliphatic rings. The van der Waals surface area contributed by atoms with Crippen molar-refractivity contribution in [1.29, 1.82) is 0 Å². The van der Waals surface area contributed by atoms with Crippen molar-refractivity contribution in [2.75, 3.05) is 0 Å². The molecule has 158 valence electrons. The molecule has 0 atom stereocenters. The number of benzene rings is 1. The van der Waals surface area contributed by atoms with Crippen molar-refractivity contribution in [3.63, 3.8) is 0 Å². The van der Waals surface area contributed by atoms with Crippen molar-refractivity contribution in [3.8, 4) is 11.5 Å². The van der Waals surface area contributed by atoms with E-state index in [0.717, 1.165) is 44.9 Å². The molecule has 0 saturated heterocycles. The van der Waals surface area contributed by atoms with Crippen LogP contribution < -0.4 is 0 Å². The summed E-state index contributed by atoms with van der Waals surface area (Å²) in [6.07, 6.45) is 12.9. The number of hydrogen-bond acceptors (Lipinski definition) is 4. The molecule has 1 rings (SSSR count). The first-order valence-corrected chi connectivity index (χ1v) is 11.1. The fraction of sp³-hybridized carbons (Fsp3) is 0.667. The van der Waals surface area contributed by atoms with Gasteiger partial charge in [0.25, 0.3) is 0 Å². The number of phenols is 2. The van der Waals surface area contributed by atoms with Crippen LogP contribution in [0.4, 0.5) is 0 Å². The third-order valence-corrected chi connectivity index (χ3v) is 5.17. The summed E-state index contributed by atoms with van der Waals surface area (Å²) in [6, 6.07) is 2.63. The van der Waals surface area contributed by atoms with E-state index in [4.69, 9.17) is 0 Å². The summed E-state index contributed by atoms with van der Waals surface area (Å²) in [4.78, 5) is 24.9. The summed E-state index contributed by atoms with van der Waals surface area (Å²) >= 11 is 0. The van der Waals surface area contributed by atoms with E-state index in [1.165, 1.54) is 37.8 Å². The highest BCUT2D eigenvalue weighted by Gasteiger charge is 2.19. The molecular formula is C24H38O4. The van der Waals surface area contributed by atoms with E-state index in [1.807, 2.05) is 0 Å². The predicted molar refractivity (Wildman–Crippen MR) is 114 cm³/mol. The minimum atomic E-state index is -0.221. The first kappa shape index (κ1) is 24.2. The van der Waals surface area contributed by atoms with Crippen LogP contribution in [0.15, 0.2) is 12.1 Å². The lowest BCUT2D eigenvalue weighted by atomic mass is 9.93. The second kappa shape index (κ2) is 14.2. The van der Waals surface area contributed by atoms with Crippen molar-refractivity contribution in [3.05, 3.63) is 23.3 Å². The van der Waals surface area contributed by atoms with Gasteiger partial charge in [-0.15, -0.1) is 0 Å². The van der Waals surface area contributed by atoms with E-state index >= 15 is 0 Å². The molecule has 2 N–H and O–H groups in total. The van der Waals surface area contributed by atoms with E-state index < -0.39 is 0 Å². The van der Waals surface area contributed by atoms with Crippen LogP contribution in [0.1, 0.15) is 113 Å². The molecule has 1 aromatic rings. The average Bonchev–Trinajstić information content (AvgIpc) is 2.64. The molecule has 0 aromatic heterocycles. The highest BCUT2D eigenvalue weighted by molar-refractivity contribution is 6.01. The van der Waals surface area contributed by atoms with Crippen LogP contribution in [0.5, 0.6) is 11.5 Å². The van der Waals surface area contributed by atoms with Crippen LogP contribution in [-0.2, 0) is 11.2 Å². The lowest BCUT2D eigenvalue weighted by Gasteiger charge is -2.11. The highest BCUT2D eigenvalue weighted by Crippen LogP contribution is 2.30. The Morgan fingerprint density at radius 2 is 1.29 bits per heavy atom. The number of rotatable bonds is 16. The Kier molecular flexibility index (Phi) is 12.3. The normalized spacial score (nSPS) is 10.9. The lowest BCUT2D eigenvalue weighted by molar-refractivity contribution is -0.118. The third kappa shape index (κ3) is 9.38. The van der Waals surface area contributed by atoms with Crippen molar-refractivity contribution < 1.29 is 19.8 Å². The molecule has 0 unspecified atom stereocenters. The topological polar surface area (TPSA) is 74.6 Å². The number of ketones is 2. The molecule has 4 nitrogen and oxygen atoms in total. The van der Waals surface area contributed by atoms with Crippen molar-refractivity contribution >= 4 is 11.6 Å². The maximum atomic E-state index is 12.7. The van der Waals surface area contributed by atoms with Gasteiger partial charge in [0.15, 0.2) is 5.78 Å². The van der Waals surface area contributed by atoms with Gasteiger partial charge in [-0.2, -0.15) is 0 Å². The Bertz CT molecular complexity index is 607. The fourth-order valence-electron chi connectivity index (χ4n) is 3.55. The second-order valence-corrected chi connectivity index (χ2v) is 7.82. The molecule has 0 heterocycles. The van der Waals surface area contributed by atoms with Crippen molar-refractivity contribution in [2.45, 2.75) is 104 Å². The Morgan fingerprint density at radius 1 is 0.750 bits per heavy atom. The molecule has 0 bridgehead atoms. The second-order valence-electron chi connectivity index (χ2n) is 7.82. The molecule has 0 spiro atoms. The number of aromatic hydroxyl groups is 2. The maximum absolute atomic E-state index is 12.7. The molecule has 0 aliphatic carbocycles. The average molecular weight is 391 g/mol. The molecule has 1 aromatic carbocycles. The smallest absolute Gasteiger partial charge is 0.166 e. The fourth-order valence-corrected chi connectivity index (χ4v) is 3.55. The highest BCUT2D eigenvalue weighted by atomic mass is 16.3. The maximum Gasteiger partial charge on any atom is 0.166 e. The molecule has 0 saturated carbocycles. The molecule has 4 heteroatoms. The van der Waals surface area contributed by atoms with Gasteiger partial charge in [0.2, 0.25) is 0 Å². The SMILES string of the molecule is CCCCCCCCCC(=O)c1c(O)cc(O)cc1CC(=O)CCCCCC. The predicted octanol–water partition coefficient (Wildman–Crippen LogP) is 6.50. The van der Waals surface area contributed by atoms with Gasteiger partial charge in [-0.1, -0.05) is 71.6 Å². The zero-order chi connectivity index (χ0) is 20.8. The minimum absolute atomic E-state index is 0.0473. The minimum Gasteiger partial charge on any atom is -0.508 e. The molecule has 0 radical (unpaired) electrons. The molecule has 0 aliphatic heterocycles. The number of unbranched alkanes of at least 4 members (excludes halogenated alkanes) is 9. The first-order valence-electron chi connectivity index (χ1n) is 11.1. The van der Waals surface area contributed by atoms with Crippen LogP contribution in [0.3, 0.4) is 0 Å². The largest absolute Gasteiger partial charge is 0.508 e. The third-order valence-electron chi connectivity index (χ3n) is 5.17. The van der Waals surface area contributed by atoms with Crippen LogP contribution in [0, 0.1) is 0 Å². The molecular weight excluding hydrogens is 352 g/mol. The van der Waals surface area contributed by atoms with Gasteiger partial charge >= 0.3 is 0 Å². The van der Waals surface area contributed by atoms with E-state index in [2.05, 4.69) is 13.8 Å². The van der Waals surface area contributed by atoms with Crippen LogP contribution >= 0.6 is 0 Å². The van der Waals surface area contributed by atoms with Gasteiger partial charge in [-0.3, -0.25) is 9.59 Å². The van der Waals surface area contributed by atoms with Gasteiger partial charge in [-0.05, 0) is 24.5 Å². The Hall–Kier alpha value is -1.84. The molecule has 0 amide bonds. The summed E-state index contributed by atoms with van der Waals surface area (Å²) in [7, 11) is 0. The van der Waals surface area contributed by atoms with E-state index in [9.17, 15) is 19.8 Å². The lowest BCUT2D eigenvalue weighted by Crippen LogP contribution is -2.10. The number of hydrogen-bond donors (Lipinski definition) is 2. The van der Waals surface area contributed by atoms with Gasteiger partial charge in [0.05, 0.1) is 5.56 Å². The van der Waals surface area contributed by atoms with Gasteiger partial charge < -0.3 is 10.2 Å². The Labute approximate surface area is 170 Å². The van der Waals surface area contributed by atoms with Crippen LogP contribution in [0.25, 0.3) is 0 Å². The summed E-state index contributed by atoms with van der Waals surface area (Å²) < 4.78 is 0. The Morgan fingerprint density at radius 3 is 1.93 bits per heavy atom. The quantitative estimate of drug-likeness (QED) is 0.249. The molecule has 0 fully saturated rings. The Balaban J connectivity index is 2.61. The summed E-state index contributed by atoms with van der Waals surface area (Å²) in [5.41, 5.74) is 0.664. The number of carbonyl (C=O) groups is 2. The monoisotopic (exact) mass is 390 g/mol. The van der Waals surface area contributed by atoms with Gasteiger partial charge in [0.1, 0.15) is 17.3 Å². The van der Waals surface area contributed by atoms with Crippen molar-refractivity contribution in [2.24, 2.45) is 0 Å². The van der Waals surface area contributed by atoms with E-state index in [1.54, 1.807) is 0 Å². The van der Waals surface area contributed by atoms with Crippen LogP contribution in [-0.4, -0.2) is 21.8 Å². The van der Waals surface area contributed by atoms with Gasteiger partial charge in [0, 0.05) is 25.3 Å². The summed E-state index contributed by atoms with van der Waals surface area (Å²) in [5, 5.41) is 20.0. The number of phenolic OH excluding ortho intramolecular Hbond substituents is 2.